The number of anilines is 2. The maximum Gasteiger partial charge on any atom is 0.148 e. The summed E-state index contributed by atoms with van der Waals surface area (Å²) in [5, 5.41) is 3.54. The molecule has 0 spiro atoms. The molecule has 0 radical (unpaired) electrons. The molecule has 4 N–H and O–H groups in total. The van der Waals surface area contributed by atoms with Gasteiger partial charge in [-0.3, -0.25) is 0 Å². The number of nitrogens with two attached hydrogens (primary N) is 1. The quantitative estimate of drug-likeness (QED) is 0.530. The first-order valence-electron chi connectivity index (χ1n) is 7.34. The van der Waals surface area contributed by atoms with Gasteiger partial charge in [-0.1, -0.05) is 26.2 Å². The van der Waals surface area contributed by atoms with Crippen molar-refractivity contribution in [2.24, 2.45) is 5.84 Å². The van der Waals surface area contributed by atoms with Crippen LogP contribution in [0.5, 0.6) is 0 Å². The first-order valence-corrected chi connectivity index (χ1v) is 8.56. The Kier molecular flexibility index (Phi) is 5.48. The highest BCUT2D eigenvalue weighted by atomic mass is 32.2. The molecule has 1 saturated carbocycles. The number of nitrogens with one attached hydrogen (secondary N) is 2. The first-order chi connectivity index (χ1) is 9.74. The maximum atomic E-state index is 5.55. The van der Waals surface area contributed by atoms with E-state index in [-0.39, 0.29) is 0 Å². The zero-order chi connectivity index (χ0) is 14.4. The lowest BCUT2D eigenvalue weighted by molar-refractivity contribution is 0.638. The van der Waals surface area contributed by atoms with E-state index in [1.54, 1.807) is 6.33 Å². The molecule has 1 aromatic heterocycles. The van der Waals surface area contributed by atoms with Gasteiger partial charge < -0.3 is 10.7 Å². The van der Waals surface area contributed by atoms with Crippen LogP contribution in [0.15, 0.2) is 6.33 Å². The molecular weight excluding hydrogens is 270 g/mol. The van der Waals surface area contributed by atoms with Gasteiger partial charge in [0.15, 0.2) is 0 Å². The molecule has 6 heteroatoms. The van der Waals surface area contributed by atoms with Crippen LogP contribution in [-0.2, 0) is 6.42 Å². The van der Waals surface area contributed by atoms with Gasteiger partial charge >= 0.3 is 0 Å². The second-order valence-corrected chi connectivity index (χ2v) is 6.67. The van der Waals surface area contributed by atoms with Gasteiger partial charge in [0.2, 0.25) is 0 Å². The summed E-state index contributed by atoms with van der Waals surface area (Å²) in [6, 6.07) is 0. The molecule has 0 bridgehead atoms. The van der Waals surface area contributed by atoms with Crippen LogP contribution in [0.2, 0.25) is 0 Å². The molecular formula is C14H25N5S. The molecule has 0 amide bonds. The fraction of sp³-hybridized carbons (Fsp3) is 0.714. The Morgan fingerprint density at radius 1 is 1.30 bits per heavy atom. The van der Waals surface area contributed by atoms with Crippen LogP contribution < -0.4 is 16.6 Å². The van der Waals surface area contributed by atoms with Gasteiger partial charge in [0.1, 0.15) is 18.0 Å². The van der Waals surface area contributed by atoms with Gasteiger partial charge in [-0.25, -0.2) is 15.8 Å². The zero-order valence-corrected chi connectivity index (χ0v) is 13.2. The topological polar surface area (TPSA) is 75.9 Å². The lowest BCUT2D eigenvalue weighted by Gasteiger charge is -2.27. The smallest absolute Gasteiger partial charge is 0.148 e. The minimum absolute atomic E-state index is 0.366. The van der Waals surface area contributed by atoms with Crippen LogP contribution in [0.3, 0.4) is 0 Å². The number of nitrogens with zero attached hydrogens (tertiary/aromatic N) is 2. The summed E-state index contributed by atoms with van der Waals surface area (Å²) in [5.74, 6) is 7.20. The van der Waals surface area contributed by atoms with Gasteiger partial charge in [-0.2, -0.15) is 11.8 Å². The summed E-state index contributed by atoms with van der Waals surface area (Å²) >= 11 is 1.98. The Labute approximate surface area is 125 Å². The molecule has 0 unspecified atom stereocenters. The molecule has 0 aliphatic heterocycles. The van der Waals surface area contributed by atoms with Crippen molar-refractivity contribution in [1.29, 1.82) is 0 Å². The van der Waals surface area contributed by atoms with E-state index in [0.717, 1.165) is 36.6 Å². The second kappa shape index (κ2) is 7.13. The molecule has 1 aliphatic carbocycles. The molecule has 1 aromatic rings. The number of aromatic nitrogens is 2. The third kappa shape index (κ3) is 3.35. The SMILES string of the molecule is CCCc1c(NN)ncnc1NCC1(SC)CCCC1. The number of hydrazine groups is 1. The van der Waals surface area contributed by atoms with E-state index in [9.17, 15) is 0 Å². The molecule has 1 aliphatic rings. The first kappa shape index (κ1) is 15.4. The lowest BCUT2D eigenvalue weighted by Crippen LogP contribution is -2.30. The molecule has 0 saturated heterocycles. The van der Waals surface area contributed by atoms with Crippen LogP contribution in [0.1, 0.15) is 44.6 Å². The number of thioether (sulfide) groups is 1. The van der Waals surface area contributed by atoms with Crippen molar-refractivity contribution in [3.05, 3.63) is 11.9 Å². The van der Waals surface area contributed by atoms with E-state index in [0.29, 0.717) is 4.75 Å². The van der Waals surface area contributed by atoms with E-state index < -0.39 is 0 Å². The van der Waals surface area contributed by atoms with Crippen LogP contribution in [0, 0.1) is 0 Å². The van der Waals surface area contributed by atoms with E-state index in [4.69, 9.17) is 5.84 Å². The van der Waals surface area contributed by atoms with Crippen molar-refractivity contribution >= 4 is 23.4 Å². The van der Waals surface area contributed by atoms with Crippen LogP contribution in [0.25, 0.3) is 0 Å². The average Bonchev–Trinajstić information content (AvgIpc) is 2.96. The number of rotatable bonds is 7. The predicted molar refractivity (Wildman–Crippen MR) is 87.0 cm³/mol. The van der Waals surface area contributed by atoms with Gasteiger partial charge in [0.25, 0.3) is 0 Å². The third-order valence-electron chi connectivity index (χ3n) is 4.11. The minimum atomic E-state index is 0.366. The highest BCUT2D eigenvalue weighted by Crippen LogP contribution is 2.40. The summed E-state index contributed by atoms with van der Waals surface area (Å²) in [6.07, 6.45) is 11.0. The van der Waals surface area contributed by atoms with Crippen LogP contribution in [-0.4, -0.2) is 27.5 Å². The summed E-state index contributed by atoms with van der Waals surface area (Å²) < 4.78 is 0.366. The highest BCUT2D eigenvalue weighted by Gasteiger charge is 2.33. The normalized spacial score (nSPS) is 17.1. The highest BCUT2D eigenvalue weighted by molar-refractivity contribution is 8.00. The maximum absolute atomic E-state index is 5.55. The third-order valence-corrected chi connectivity index (χ3v) is 5.53. The van der Waals surface area contributed by atoms with E-state index in [1.807, 2.05) is 11.8 Å². The van der Waals surface area contributed by atoms with E-state index >= 15 is 0 Å². The summed E-state index contributed by atoms with van der Waals surface area (Å²) in [5.41, 5.74) is 3.77. The Bertz CT molecular complexity index is 432. The zero-order valence-electron chi connectivity index (χ0n) is 12.4. The van der Waals surface area contributed by atoms with Crippen molar-refractivity contribution in [2.45, 2.75) is 50.2 Å². The molecule has 112 valence electrons. The summed E-state index contributed by atoms with van der Waals surface area (Å²) in [7, 11) is 0. The van der Waals surface area contributed by atoms with Gasteiger partial charge in [-0.15, -0.1) is 0 Å². The number of hydrogen-bond acceptors (Lipinski definition) is 6. The van der Waals surface area contributed by atoms with Crippen molar-refractivity contribution in [3.8, 4) is 0 Å². The van der Waals surface area contributed by atoms with Gasteiger partial charge in [-0.05, 0) is 25.5 Å². The van der Waals surface area contributed by atoms with Gasteiger partial charge in [0, 0.05) is 16.9 Å². The Morgan fingerprint density at radius 3 is 2.60 bits per heavy atom. The fourth-order valence-electron chi connectivity index (χ4n) is 2.89. The lowest BCUT2D eigenvalue weighted by atomic mass is 10.1. The fourth-order valence-corrected chi connectivity index (χ4v) is 3.81. The molecule has 0 atom stereocenters. The van der Waals surface area contributed by atoms with Crippen molar-refractivity contribution in [2.75, 3.05) is 23.5 Å². The Hall–Kier alpha value is -1.01. The molecule has 20 heavy (non-hydrogen) atoms. The van der Waals surface area contributed by atoms with E-state index in [2.05, 4.69) is 33.9 Å². The molecule has 5 nitrogen and oxygen atoms in total. The molecule has 2 rings (SSSR count). The second-order valence-electron chi connectivity index (χ2n) is 5.39. The Morgan fingerprint density at radius 2 is 2.00 bits per heavy atom. The average molecular weight is 295 g/mol. The standard InChI is InChI=1S/C14H25N5S/c1-3-6-11-12(17-10-18-13(11)19-15)16-9-14(20-2)7-4-5-8-14/h10H,3-9,15H2,1-2H3,(H2,16,17,18,19). The molecule has 0 aromatic carbocycles. The summed E-state index contributed by atoms with van der Waals surface area (Å²) in [4.78, 5) is 8.61. The van der Waals surface area contributed by atoms with Crippen molar-refractivity contribution < 1.29 is 0 Å². The van der Waals surface area contributed by atoms with Gasteiger partial charge in [0.05, 0.1) is 0 Å². The van der Waals surface area contributed by atoms with Crippen molar-refractivity contribution in [3.63, 3.8) is 0 Å². The van der Waals surface area contributed by atoms with Crippen LogP contribution >= 0.6 is 11.8 Å². The van der Waals surface area contributed by atoms with Crippen molar-refractivity contribution in [1.82, 2.24) is 9.97 Å². The minimum Gasteiger partial charge on any atom is -0.368 e. The van der Waals surface area contributed by atoms with E-state index in [1.165, 1.54) is 25.7 Å². The van der Waals surface area contributed by atoms with Crippen LogP contribution in [0.4, 0.5) is 11.6 Å². The summed E-state index contributed by atoms with van der Waals surface area (Å²) in [6.45, 7) is 3.11. The molecule has 1 fully saturated rings. The number of nitrogen functional groups attached to an aromatic ring is 1. The largest absolute Gasteiger partial charge is 0.368 e. The Balaban J connectivity index is 2.12. The predicted octanol–water partition coefficient (Wildman–Crippen LogP) is 2.80. The number of hydrogen-bond donors (Lipinski definition) is 3. The molecule has 1 heterocycles. The monoisotopic (exact) mass is 295 g/mol.